The van der Waals surface area contributed by atoms with E-state index in [1.165, 1.54) is 0 Å². The molecule has 0 saturated heterocycles. The summed E-state index contributed by atoms with van der Waals surface area (Å²) < 4.78 is 10.9. The Morgan fingerprint density at radius 2 is 2.08 bits per heavy atom. The summed E-state index contributed by atoms with van der Waals surface area (Å²) >= 11 is 0. The predicted octanol–water partition coefficient (Wildman–Crippen LogP) is 0.387. The third-order valence-electron chi connectivity index (χ3n) is 1.61. The summed E-state index contributed by atoms with van der Waals surface area (Å²) in [5.74, 6) is -0.762. The second kappa shape index (κ2) is 4.54. The first kappa shape index (κ1) is 9.64. The van der Waals surface area contributed by atoms with E-state index in [1.807, 2.05) is 13.8 Å². The first-order chi connectivity index (χ1) is 5.83. The maximum atomic E-state index is 5.43. The highest BCUT2D eigenvalue weighted by Crippen LogP contribution is 2.15. The highest BCUT2D eigenvalue weighted by molar-refractivity contribution is 5.60. The number of nitrogens with zero attached hydrogens (tertiary/aromatic N) is 1. The third kappa shape index (κ3) is 2.27. The van der Waals surface area contributed by atoms with E-state index in [0.29, 0.717) is 19.8 Å². The van der Waals surface area contributed by atoms with Crippen molar-refractivity contribution in [1.82, 2.24) is 5.32 Å². The van der Waals surface area contributed by atoms with Crippen LogP contribution in [0.15, 0.2) is 4.99 Å². The van der Waals surface area contributed by atoms with Crippen LogP contribution >= 0.6 is 0 Å². The number of aliphatic imine (C=N–C) groups is 1. The number of rotatable bonds is 4. The van der Waals surface area contributed by atoms with Crippen molar-refractivity contribution in [2.45, 2.75) is 19.8 Å². The van der Waals surface area contributed by atoms with Gasteiger partial charge in [0.2, 0.25) is 0 Å². The topological polar surface area (TPSA) is 42.9 Å². The molecule has 0 amide bonds. The molecule has 1 rings (SSSR count). The Hall–Kier alpha value is -0.450. The van der Waals surface area contributed by atoms with Crippen LogP contribution in [-0.4, -0.2) is 38.4 Å². The molecule has 1 N–H and O–H groups in total. The molecule has 0 saturated carbocycles. The largest absolute Gasteiger partial charge is 0.331 e. The third-order valence-corrected chi connectivity index (χ3v) is 1.61. The fraction of sp³-hybridized carbons (Fsp3) is 0.875. The lowest BCUT2D eigenvalue weighted by molar-refractivity contribution is -0.224. The molecule has 4 nitrogen and oxygen atoms in total. The van der Waals surface area contributed by atoms with Gasteiger partial charge in [0, 0.05) is 26.0 Å². The van der Waals surface area contributed by atoms with E-state index in [1.54, 1.807) is 6.21 Å². The lowest BCUT2D eigenvalue weighted by Crippen LogP contribution is -2.48. The van der Waals surface area contributed by atoms with Gasteiger partial charge in [-0.2, -0.15) is 0 Å². The SMILES string of the molecule is CCOC1(OCC)CNCC=N1. The highest BCUT2D eigenvalue weighted by atomic mass is 16.7. The molecular formula is C8H16N2O2. The van der Waals surface area contributed by atoms with Crippen molar-refractivity contribution in [3.8, 4) is 0 Å². The van der Waals surface area contributed by atoms with Crippen LogP contribution in [0.5, 0.6) is 0 Å². The van der Waals surface area contributed by atoms with Crippen LogP contribution in [0.2, 0.25) is 0 Å². The van der Waals surface area contributed by atoms with Crippen LogP contribution in [0.4, 0.5) is 0 Å². The second-order valence-electron chi connectivity index (χ2n) is 2.52. The summed E-state index contributed by atoms with van der Waals surface area (Å²) in [4.78, 5) is 4.21. The molecule has 12 heavy (non-hydrogen) atoms. The zero-order valence-corrected chi connectivity index (χ0v) is 7.67. The molecule has 4 heteroatoms. The fourth-order valence-corrected chi connectivity index (χ4v) is 1.19. The average molecular weight is 172 g/mol. The molecule has 0 aromatic carbocycles. The molecule has 0 aliphatic carbocycles. The van der Waals surface area contributed by atoms with Crippen molar-refractivity contribution in [2.75, 3.05) is 26.3 Å². The highest BCUT2D eigenvalue weighted by Gasteiger charge is 2.31. The van der Waals surface area contributed by atoms with Crippen LogP contribution in [-0.2, 0) is 9.47 Å². The van der Waals surface area contributed by atoms with Crippen LogP contribution in [0.1, 0.15) is 13.8 Å². The summed E-state index contributed by atoms with van der Waals surface area (Å²) in [6.07, 6.45) is 1.79. The van der Waals surface area contributed by atoms with Crippen LogP contribution < -0.4 is 5.32 Å². The lowest BCUT2D eigenvalue weighted by atomic mass is 10.4. The van der Waals surface area contributed by atoms with Gasteiger partial charge in [-0.15, -0.1) is 0 Å². The molecule has 0 aromatic rings. The van der Waals surface area contributed by atoms with Gasteiger partial charge in [0.25, 0.3) is 5.91 Å². The summed E-state index contributed by atoms with van der Waals surface area (Å²) in [7, 11) is 0. The smallest absolute Gasteiger partial charge is 0.282 e. The standard InChI is InChI=1S/C8H16N2O2/c1-3-11-8(12-4-2)7-9-5-6-10-8/h6,9H,3-5,7H2,1-2H3. The summed E-state index contributed by atoms with van der Waals surface area (Å²) in [5, 5.41) is 3.15. The van der Waals surface area contributed by atoms with Gasteiger partial charge in [-0.05, 0) is 13.8 Å². The molecule has 1 aliphatic heterocycles. The van der Waals surface area contributed by atoms with E-state index in [9.17, 15) is 0 Å². The maximum Gasteiger partial charge on any atom is 0.282 e. The molecule has 1 heterocycles. The Morgan fingerprint density at radius 3 is 2.50 bits per heavy atom. The fourth-order valence-electron chi connectivity index (χ4n) is 1.19. The molecule has 0 fully saturated rings. The first-order valence-electron chi connectivity index (χ1n) is 4.35. The summed E-state index contributed by atoms with van der Waals surface area (Å²) in [6, 6.07) is 0. The molecule has 0 aromatic heterocycles. The van der Waals surface area contributed by atoms with Crippen LogP contribution in [0.3, 0.4) is 0 Å². The molecule has 0 spiro atoms. The van der Waals surface area contributed by atoms with Gasteiger partial charge in [0.05, 0.1) is 6.54 Å². The zero-order valence-electron chi connectivity index (χ0n) is 7.67. The molecule has 70 valence electrons. The van der Waals surface area contributed by atoms with Crippen molar-refractivity contribution < 1.29 is 9.47 Å². The molecule has 0 radical (unpaired) electrons. The van der Waals surface area contributed by atoms with Crippen molar-refractivity contribution in [3.63, 3.8) is 0 Å². The molecule has 1 aliphatic rings. The Bertz CT molecular complexity index is 153. The minimum atomic E-state index is -0.762. The quantitative estimate of drug-likeness (QED) is 0.624. The van der Waals surface area contributed by atoms with E-state index in [4.69, 9.17) is 9.47 Å². The van der Waals surface area contributed by atoms with E-state index >= 15 is 0 Å². The Kier molecular flexibility index (Phi) is 3.65. The average Bonchev–Trinajstić information content (AvgIpc) is 2.07. The minimum absolute atomic E-state index is 0.610. The van der Waals surface area contributed by atoms with Crippen LogP contribution in [0, 0.1) is 0 Å². The summed E-state index contributed by atoms with van der Waals surface area (Å²) in [5.41, 5.74) is 0. The lowest BCUT2D eigenvalue weighted by Gasteiger charge is -2.31. The van der Waals surface area contributed by atoms with E-state index < -0.39 is 5.91 Å². The normalized spacial score (nSPS) is 21.2. The zero-order chi connectivity index (χ0) is 8.86. The maximum absolute atomic E-state index is 5.43. The number of hydrogen-bond acceptors (Lipinski definition) is 4. The summed E-state index contributed by atoms with van der Waals surface area (Å²) in [6.45, 7) is 6.51. The molecule has 0 atom stereocenters. The molecule has 0 bridgehead atoms. The van der Waals surface area contributed by atoms with Crippen LogP contribution in [0.25, 0.3) is 0 Å². The second-order valence-corrected chi connectivity index (χ2v) is 2.52. The first-order valence-corrected chi connectivity index (χ1v) is 4.35. The van der Waals surface area contributed by atoms with Gasteiger partial charge in [-0.3, -0.25) is 0 Å². The van der Waals surface area contributed by atoms with E-state index in [0.717, 1.165) is 6.54 Å². The van der Waals surface area contributed by atoms with Gasteiger partial charge in [-0.1, -0.05) is 0 Å². The van der Waals surface area contributed by atoms with Crippen molar-refractivity contribution in [3.05, 3.63) is 0 Å². The van der Waals surface area contributed by atoms with Gasteiger partial charge in [0.15, 0.2) is 0 Å². The number of ether oxygens (including phenoxy) is 2. The number of hydrogen-bond donors (Lipinski definition) is 1. The van der Waals surface area contributed by atoms with Gasteiger partial charge in [-0.25, -0.2) is 4.99 Å². The van der Waals surface area contributed by atoms with E-state index in [2.05, 4.69) is 10.3 Å². The molecule has 0 unspecified atom stereocenters. The number of nitrogens with one attached hydrogen (secondary N) is 1. The Balaban J connectivity index is 2.56. The van der Waals surface area contributed by atoms with Gasteiger partial charge < -0.3 is 14.8 Å². The van der Waals surface area contributed by atoms with Crippen molar-refractivity contribution >= 4 is 6.21 Å². The van der Waals surface area contributed by atoms with Crippen molar-refractivity contribution in [2.24, 2.45) is 4.99 Å². The minimum Gasteiger partial charge on any atom is -0.331 e. The predicted molar refractivity (Wildman–Crippen MR) is 47.3 cm³/mol. The monoisotopic (exact) mass is 172 g/mol. The van der Waals surface area contributed by atoms with Gasteiger partial charge >= 0.3 is 0 Å². The Labute approximate surface area is 73.0 Å². The Morgan fingerprint density at radius 1 is 1.42 bits per heavy atom. The van der Waals surface area contributed by atoms with Crippen molar-refractivity contribution in [1.29, 1.82) is 0 Å². The van der Waals surface area contributed by atoms with E-state index in [-0.39, 0.29) is 0 Å². The molecular weight excluding hydrogens is 156 g/mol. The van der Waals surface area contributed by atoms with Gasteiger partial charge in [0.1, 0.15) is 0 Å².